The molecule has 2 aliphatic heterocycles. The highest BCUT2D eigenvalue weighted by molar-refractivity contribution is 5.85. The summed E-state index contributed by atoms with van der Waals surface area (Å²) in [5.41, 5.74) is 6.44. The van der Waals surface area contributed by atoms with E-state index in [4.69, 9.17) is 5.73 Å². The molecule has 6 aliphatic rings. The molecule has 6 bridgehead atoms. The van der Waals surface area contributed by atoms with Gasteiger partial charge in [0.25, 0.3) is 0 Å². The Bertz CT molecular complexity index is 454. The summed E-state index contributed by atoms with van der Waals surface area (Å²) in [6.45, 7) is 1.05. The maximum atomic E-state index is 13.3. The van der Waals surface area contributed by atoms with Gasteiger partial charge >= 0.3 is 0 Å². The van der Waals surface area contributed by atoms with Crippen molar-refractivity contribution in [2.45, 2.75) is 63.5 Å². The van der Waals surface area contributed by atoms with Crippen molar-refractivity contribution in [3.63, 3.8) is 0 Å². The van der Waals surface area contributed by atoms with Crippen molar-refractivity contribution in [3.05, 3.63) is 0 Å². The number of rotatable bonds is 1. The predicted molar refractivity (Wildman–Crippen MR) is 88.6 cm³/mol. The Hall–Kier alpha value is -0.280. The highest BCUT2D eigenvalue weighted by atomic mass is 35.5. The number of halogens is 1. The van der Waals surface area contributed by atoms with Gasteiger partial charge in [0, 0.05) is 18.6 Å². The van der Waals surface area contributed by atoms with E-state index in [0.29, 0.717) is 23.8 Å². The topological polar surface area (TPSA) is 46.3 Å². The second-order valence-corrected chi connectivity index (χ2v) is 8.86. The monoisotopic (exact) mass is 324 g/mol. The van der Waals surface area contributed by atoms with Crippen LogP contribution >= 0.6 is 12.4 Å². The van der Waals surface area contributed by atoms with Crippen molar-refractivity contribution < 1.29 is 4.79 Å². The molecule has 2 N–H and O–H groups in total. The van der Waals surface area contributed by atoms with E-state index in [1.165, 1.54) is 51.4 Å². The summed E-state index contributed by atoms with van der Waals surface area (Å²) in [5.74, 6) is 4.49. The van der Waals surface area contributed by atoms with Gasteiger partial charge in [0.1, 0.15) is 0 Å². The molecule has 2 heterocycles. The molecule has 124 valence electrons. The average Bonchev–Trinajstić information content (AvgIpc) is 2.98. The molecule has 6 unspecified atom stereocenters. The van der Waals surface area contributed by atoms with Crippen LogP contribution < -0.4 is 5.73 Å². The minimum atomic E-state index is 0. The number of fused-ring (bicyclic) bond motifs is 3. The minimum Gasteiger partial charge on any atom is -0.339 e. The normalized spacial score (nSPS) is 51.8. The van der Waals surface area contributed by atoms with E-state index in [9.17, 15) is 4.79 Å². The molecule has 0 aromatic carbocycles. The van der Waals surface area contributed by atoms with Gasteiger partial charge in [0.05, 0.1) is 5.92 Å². The van der Waals surface area contributed by atoms with Gasteiger partial charge in [-0.15, -0.1) is 12.4 Å². The van der Waals surface area contributed by atoms with Crippen LogP contribution in [0.2, 0.25) is 0 Å². The molecule has 0 spiro atoms. The standard InChI is InChI=1S/C18H28N2O.ClH/c19-17-14-2-1-13(8-14)16(17)18(21)20-9-12-4-10-3-11(5-12)7-15(20)6-10;/h10-17H,1-9,19H2;1H. The molecule has 4 saturated carbocycles. The van der Waals surface area contributed by atoms with Crippen LogP contribution in [0.1, 0.15) is 51.4 Å². The van der Waals surface area contributed by atoms with E-state index < -0.39 is 0 Å². The molecule has 1 amide bonds. The SMILES string of the molecule is Cl.NC1C2CCC(C2)C1C(=O)N1CC2CC3CC(C2)CC1C3. The van der Waals surface area contributed by atoms with E-state index in [1.807, 2.05) is 0 Å². The summed E-state index contributed by atoms with van der Waals surface area (Å²) in [6.07, 6.45) is 10.5. The Labute approximate surface area is 139 Å². The molecule has 4 heteroatoms. The number of nitrogens with zero attached hydrogens (tertiary/aromatic N) is 1. The lowest BCUT2D eigenvalue weighted by atomic mass is 9.68. The summed E-state index contributed by atoms with van der Waals surface area (Å²) < 4.78 is 0. The third-order valence-corrected chi connectivity index (χ3v) is 7.66. The predicted octanol–water partition coefficient (Wildman–Crippen LogP) is 2.82. The van der Waals surface area contributed by atoms with E-state index in [0.717, 1.165) is 24.3 Å². The third kappa shape index (κ3) is 2.15. The van der Waals surface area contributed by atoms with Gasteiger partial charge in [-0.3, -0.25) is 4.79 Å². The first-order valence-electron chi connectivity index (χ1n) is 9.25. The number of nitrogens with two attached hydrogens (primary N) is 1. The highest BCUT2D eigenvalue weighted by Gasteiger charge is 2.52. The van der Waals surface area contributed by atoms with Crippen LogP contribution in [-0.2, 0) is 4.79 Å². The average molecular weight is 325 g/mol. The number of hydrogen-bond acceptors (Lipinski definition) is 2. The first-order valence-corrected chi connectivity index (χ1v) is 9.25. The fourth-order valence-electron chi connectivity index (χ4n) is 6.95. The molecule has 0 radical (unpaired) electrons. The Morgan fingerprint density at radius 2 is 1.50 bits per heavy atom. The Kier molecular flexibility index (Phi) is 3.73. The minimum absolute atomic E-state index is 0. The largest absolute Gasteiger partial charge is 0.339 e. The van der Waals surface area contributed by atoms with E-state index >= 15 is 0 Å². The number of amides is 1. The molecule has 6 rings (SSSR count). The second-order valence-electron chi connectivity index (χ2n) is 8.86. The van der Waals surface area contributed by atoms with Crippen LogP contribution in [0.3, 0.4) is 0 Å². The van der Waals surface area contributed by atoms with Crippen LogP contribution in [-0.4, -0.2) is 29.4 Å². The molecule has 6 atom stereocenters. The van der Waals surface area contributed by atoms with Gasteiger partial charge < -0.3 is 10.6 Å². The number of carbonyl (C=O) groups excluding carboxylic acids is 1. The molecular weight excluding hydrogens is 296 g/mol. The molecular formula is C18H29ClN2O. The van der Waals surface area contributed by atoms with Crippen LogP contribution in [0.25, 0.3) is 0 Å². The van der Waals surface area contributed by atoms with Gasteiger partial charge in [0.15, 0.2) is 0 Å². The molecule has 22 heavy (non-hydrogen) atoms. The summed E-state index contributed by atoms with van der Waals surface area (Å²) in [5, 5.41) is 0. The highest BCUT2D eigenvalue weighted by Crippen LogP contribution is 2.51. The fraction of sp³-hybridized carbons (Fsp3) is 0.944. The lowest BCUT2D eigenvalue weighted by Gasteiger charge is -2.40. The Morgan fingerprint density at radius 1 is 0.864 bits per heavy atom. The van der Waals surface area contributed by atoms with E-state index in [1.54, 1.807) is 0 Å². The molecule has 2 saturated heterocycles. The first-order chi connectivity index (χ1) is 10.2. The lowest BCUT2D eigenvalue weighted by Crippen LogP contribution is -2.51. The van der Waals surface area contributed by atoms with Crippen molar-refractivity contribution in [2.75, 3.05) is 6.54 Å². The molecule has 0 aromatic heterocycles. The Balaban J connectivity index is 0.00000125. The van der Waals surface area contributed by atoms with Crippen LogP contribution in [0.4, 0.5) is 0 Å². The van der Waals surface area contributed by atoms with E-state index in [-0.39, 0.29) is 24.4 Å². The Morgan fingerprint density at radius 3 is 2.14 bits per heavy atom. The van der Waals surface area contributed by atoms with Gasteiger partial charge in [-0.2, -0.15) is 0 Å². The number of hydrogen-bond donors (Lipinski definition) is 1. The maximum Gasteiger partial charge on any atom is 0.227 e. The van der Waals surface area contributed by atoms with Crippen molar-refractivity contribution in [1.82, 2.24) is 4.90 Å². The molecule has 6 fully saturated rings. The van der Waals surface area contributed by atoms with Crippen LogP contribution in [0.15, 0.2) is 0 Å². The summed E-state index contributed by atoms with van der Waals surface area (Å²) >= 11 is 0. The van der Waals surface area contributed by atoms with Crippen LogP contribution in [0, 0.1) is 35.5 Å². The second kappa shape index (κ2) is 5.37. The van der Waals surface area contributed by atoms with Crippen molar-refractivity contribution >= 4 is 18.3 Å². The summed E-state index contributed by atoms with van der Waals surface area (Å²) in [6, 6.07) is 0.717. The molecule has 3 nitrogen and oxygen atoms in total. The third-order valence-electron chi connectivity index (χ3n) is 7.66. The smallest absolute Gasteiger partial charge is 0.227 e. The van der Waals surface area contributed by atoms with Gasteiger partial charge in [-0.1, -0.05) is 0 Å². The zero-order chi connectivity index (χ0) is 14.1. The van der Waals surface area contributed by atoms with Gasteiger partial charge in [-0.25, -0.2) is 0 Å². The summed E-state index contributed by atoms with van der Waals surface area (Å²) in [7, 11) is 0. The zero-order valence-electron chi connectivity index (χ0n) is 13.3. The van der Waals surface area contributed by atoms with Crippen molar-refractivity contribution in [3.8, 4) is 0 Å². The maximum absolute atomic E-state index is 13.3. The first kappa shape index (κ1) is 15.3. The van der Waals surface area contributed by atoms with Gasteiger partial charge in [-0.05, 0) is 81.0 Å². The van der Waals surface area contributed by atoms with E-state index in [2.05, 4.69) is 4.90 Å². The fourth-order valence-corrected chi connectivity index (χ4v) is 6.95. The van der Waals surface area contributed by atoms with Gasteiger partial charge in [0.2, 0.25) is 5.91 Å². The molecule has 4 aliphatic carbocycles. The molecule has 0 aromatic rings. The van der Waals surface area contributed by atoms with Crippen molar-refractivity contribution in [1.29, 1.82) is 0 Å². The quantitative estimate of drug-likeness (QED) is 0.806. The summed E-state index contributed by atoms with van der Waals surface area (Å²) in [4.78, 5) is 15.6. The number of carbonyl (C=O) groups is 1. The zero-order valence-corrected chi connectivity index (χ0v) is 14.1. The van der Waals surface area contributed by atoms with Crippen molar-refractivity contribution in [2.24, 2.45) is 41.2 Å². The van der Waals surface area contributed by atoms with Crippen LogP contribution in [0.5, 0.6) is 0 Å². The lowest BCUT2D eigenvalue weighted by molar-refractivity contribution is -0.140.